The van der Waals surface area contributed by atoms with Gasteiger partial charge >= 0.3 is 0 Å². The van der Waals surface area contributed by atoms with E-state index >= 15 is 0 Å². The largest absolute Gasteiger partial charge is 0.436 e. The van der Waals surface area contributed by atoms with Gasteiger partial charge in [-0.2, -0.15) is 0 Å². The lowest BCUT2D eigenvalue weighted by atomic mass is 10.1. The van der Waals surface area contributed by atoms with Crippen molar-refractivity contribution in [2.75, 3.05) is 0 Å². The summed E-state index contributed by atoms with van der Waals surface area (Å²) in [5, 5.41) is 11.2. The molecule has 0 amide bonds. The first kappa shape index (κ1) is 21.0. The Morgan fingerprint density at radius 2 is 1.11 bits per heavy atom. The highest BCUT2D eigenvalue weighted by Gasteiger charge is 2.17. The van der Waals surface area contributed by atoms with Gasteiger partial charge in [0.25, 0.3) is 0 Å². The van der Waals surface area contributed by atoms with Gasteiger partial charge in [0.05, 0.1) is 0 Å². The number of hydrogen-bond donors (Lipinski definition) is 1. The zero-order valence-electron chi connectivity index (χ0n) is 19.5. The highest BCUT2D eigenvalue weighted by Crippen LogP contribution is 2.30. The molecule has 0 saturated carbocycles. The fourth-order valence-electron chi connectivity index (χ4n) is 4.24. The third kappa shape index (κ3) is 3.98. The number of para-hydroxylation sites is 4. The number of hydrogen-bond acceptors (Lipinski definition) is 6. The molecule has 0 atom stereocenters. The first-order valence-corrected chi connectivity index (χ1v) is 11.8. The summed E-state index contributed by atoms with van der Waals surface area (Å²) in [6.07, 6.45) is 4.15. The van der Waals surface area contributed by atoms with E-state index in [-0.39, 0.29) is 0 Å². The molecule has 176 valence electrons. The van der Waals surface area contributed by atoms with Gasteiger partial charge in [0.2, 0.25) is 11.8 Å². The smallest absolute Gasteiger partial charge is 0.248 e. The normalized spacial score (nSPS) is 11.7. The molecule has 3 aromatic heterocycles. The number of aromatic amines is 1. The van der Waals surface area contributed by atoms with E-state index in [0.29, 0.717) is 23.2 Å². The van der Waals surface area contributed by atoms with Gasteiger partial charge < -0.3 is 8.83 Å². The van der Waals surface area contributed by atoms with Crippen molar-refractivity contribution in [3.8, 4) is 34.3 Å². The molecule has 37 heavy (non-hydrogen) atoms. The van der Waals surface area contributed by atoms with E-state index in [1.54, 1.807) is 0 Å². The lowest BCUT2D eigenvalue weighted by molar-refractivity contribution is 0.616. The van der Waals surface area contributed by atoms with Crippen LogP contribution in [0.3, 0.4) is 0 Å². The van der Waals surface area contributed by atoms with Crippen LogP contribution < -0.4 is 0 Å². The van der Waals surface area contributed by atoms with E-state index < -0.39 is 0 Å². The van der Waals surface area contributed by atoms with Crippen LogP contribution in [0, 0.1) is 0 Å². The molecule has 0 aliphatic carbocycles. The number of nitrogens with one attached hydrogen (secondary N) is 1. The number of nitrogens with zero attached hydrogens (tertiary/aromatic N) is 4. The molecule has 1 N–H and O–H groups in total. The molecule has 0 aliphatic rings. The van der Waals surface area contributed by atoms with Crippen LogP contribution in [0.4, 0.5) is 0 Å². The molecule has 4 aromatic carbocycles. The van der Waals surface area contributed by atoms with Crippen LogP contribution in [0.1, 0.15) is 11.1 Å². The third-order valence-corrected chi connectivity index (χ3v) is 6.16. The molecule has 7 rings (SSSR count). The van der Waals surface area contributed by atoms with Crippen molar-refractivity contribution >= 4 is 34.4 Å². The highest BCUT2D eigenvalue weighted by atomic mass is 16.4. The molecular weight excluding hydrogens is 462 g/mol. The van der Waals surface area contributed by atoms with E-state index in [9.17, 15) is 0 Å². The van der Waals surface area contributed by atoms with Crippen molar-refractivity contribution < 1.29 is 8.83 Å². The maximum absolute atomic E-state index is 5.89. The molecule has 3 heterocycles. The Hall–Kier alpha value is -5.30. The van der Waals surface area contributed by atoms with Crippen molar-refractivity contribution in [1.29, 1.82) is 0 Å². The number of fused-ring (bicyclic) bond motifs is 2. The molecule has 0 aliphatic heterocycles. The topological polar surface area (TPSA) is 93.6 Å². The van der Waals surface area contributed by atoms with Gasteiger partial charge in [-0.25, -0.2) is 9.97 Å². The monoisotopic (exact) mass is 481 g/mol. The molecule has 0 bridgehead atoms. The average Bonchev–Trinajstić information content (AvgIpc) is 3.70. The van der Waals surface area contributed by atoms with Crippen LogP contribution in [0.2, 0.25) is 0 Å². The summed E-state index contributed by atoms with van der Waals surface area (Å²) >= 11 is 0. The Morgan fingerprint density at radius 3 is 1.73 bits per heavy atom. The number of H-pyrrole nitrogens is 1. The number of oxazole rings is 2. The van der Waals surface area contributed by atoms with Crippen molar-refractivity contribution in [3.63, 3.8) is 0 Å². The van der Waals surface area contributed by atoms with Crippen LogP contribution in [0.15, 0.2) is 106 Å². The van der Waals surface area contributed by atoms with Gasteiger partial charge in [-0.3, -0.25) is 5.10 Å². The Labute approximate surface area is 211 Å². The number of benzene rings is 4. The summed E-state index contributed by atoms with van der Waals surface area (Å²) in [5.74, 6) is 1.09. The van der Waals surface area contributed by atoms with Gasteiger partial charge in [-0.15, -0.1) is 5.10 Å². The lowest BCUT2D eigenvalue weighted by Gasteiger charge is -2.01. The van der Waals surface area contributed by atoms with E-state index in [4.69, 9.17) is 8.83 Å². The fraction of sp³-hybridized carbons (Fsp3) is 0. The second-order valence-electron chi connectivity index (χ2n) is 8.59. The predicted octanol–water partition coefficient (Wildman–Crippen LogP) is 7.26. The van der Waals surface area contributed by atoms with Crippen molar-refractivity contribution in [3.05, 3.63) is 108 Å². The molecule has 7 nitrogen and oxygen atoms in total. The lowest BCUT2D eigenvalue weighted by Crippen LogP contribution is -1.84. The molecular formula is C30H19N5O2. The molecule has 0 saturated heterocycles. The fourth-order valence-corrected chi connectivity index (χ4v) is 4.24. The van der Waals surface area contributed by atoms with Crippen LogP contribution in [0.25, 0.3) is 68.6 Å². The van der Waals surface area contributed by atoms with Gasteiger partial charge in [-0.1, -0.05) is 78.0 Å². The summed E-state index contributed by atoms with van der Waals surface area (Å²) in [4.78, 5) is 9.13. The van der Waals surface area contributed by atoms with Gasteiger partial charge in [0.15, 0.2) is 11.2 Å². The van der Waals surface area contributed by atoms with Crippen molar-refractivity contribution in [2.24, 2.45) is 0 Å². The zero-order chi connectivity index (χ0) is 24.6. The maximum Gasteiger partial charge on any atom is 0.248 e. The van der Waals surface area contributed by atoms with Crippen LogP contribution in [0.5, 0.6) is 0 Å². The summed E-state index contributed by atoms with van der Waals surface area (Å²) in [7, 11) is 0. The molecule has 0 spiro atoms. The second-order valence-corrected chi connectivity index (χ2v) is 8.59. The maximum atomic E-state index is 5.89. The molecule has 0 unspecified atom stereocenters. The SMILES string of the molecule is C(=Cc1ccc(-c2nn[nH]c2-c2nc3ccccc3o2)cc1)c1ccc(-c2nc3ccccc3o2)cc1. The van der Waals surface area contributed by atoms with Gasteiger partial charge in [0, 0.05) is 11.1 Å². The van der Waals surface area contributed by atoms with Crippen LogP contribution in [-0.4, -0.2) is 25.4 Å². The first-order valence-electron chi connectivity index (χ1n) is 11.8. The molecule has 0 radical (unpaired) electrons. The predicted molar refractivity (Wildman–Crippen MR) is 143 cm³/mol. The average molecular weight is 482 g/mol. The Morgan fingerprint density at radius 1 is 0.568 bits per heavy atom. The number of aromatic nitrogens is 5. The second kappa shape index (κ2) is 8.73. The number of rotatable bonds is 5. The Balaban J connectivity index is 1.09. The van der Waals surface area contributed by atoms with E-state index in [1.165, 1.54) is 0 Å². The minimum atomic E-state index is 0.464. The molecule has 0 fully saturated rings. The van der Waals surface area contributed by atoms with Crippen LogP contribution in [-0.2, 0) is 0 Å². The highest BCUT2D eigenvalue weighted by molar-refractivity contribution is 5.81. The van der Waals surface area contributed by atoms with E-state index in [2.05, 4.69) is 49.7 Å². The van der Waals surface area contributed by atoms with Gasteiger partial charge in [-0.05, 0) is 47.5 Å². The minimum Gasteiger partial charge on any atom is -0.436 e. The standard InChI is InChI=1S/C30H19N5O2/c1-3-7-25-23(5-1)31-29(36-25)22-17-13-20(14-18-22)10-9-19-11-15-21(16-12-19)27-28(34-35-33-27)30-32-24-6-2-4-8-26(24)37-30/h1-18H,(H,33,34,35). The quantitative estimate of drug-likeness (QED) is 0.260. The summed E-state index contributed by atoms with van der Waals surface area (Å²) in [6, 6.07) is 31.7. The summed E-state index contributed by atoms with van der Waals surface area (Å²) < 4.78 is 11.8. The van der Waals surface area contributed by atoms with Crippen LogP contribution >= 0.6 is 0 Å². The first-order chi connectivity index (χ1) is 18.3. The summed E-state index contributed by atoms with van der Waals surface area (Å²) in [6.45, 7) is 0. The minimum absolute atomic E-state index is 0.464. The molecule has 7 heteroatoms. The third-order valence-electron chi connectivity index (χ3n) is 6.16. The Kier molecular flexibility index (Phi) is 4.96. The zero-order valence-corrected chi connectivity index (χ0v) is 19.5. The van der Waals surface area contributed by atoms with E-state index in [1.807, 2.05) is 84.9 Å². The Bertz CT molecular complexity index is 1810. The van der Waals surface area contributed by atoms with Crippen molar-refractivity contribution in [2.45, 2.75) is 0 Å². The van der Waals surface area contributed by atoms with Gasteiger partial charge in [0.1, 0.15) is 22.4 Å². The van der Waals surface area contributed by atoms with E-state index in [0.717, 1.165) is 44.5 Å². The molecule has 7 aromatic rings. The summed E-state index contributed by atoms with van der Waals surface area (Å²) in [5.41, 5.74) is 8.52. The van der Waals surface area contributed by atoms with Crippen molar-refractivity contribution in [1.82, 2.24) is 25.4 Å².